The van der Waals surface area contributed by atoms with Crippen molar-refractivity contribution in [3.05, 3.63) is 43.4 Å². The van der Waals surface area contributed by atoms with Gasteiger partial charge in [-0.1, -0.05) is 6.07 Å². The van der Waals surface area contributed by atoms with E-state index in [1.165, 1.54) is 8.45 Å². The highest BCUT2D eigenvalue weighted by molar-refractivity contribution is 14.1. The van der Waals surface area contributed by atoms with Crippen LogP contribution in [0.1, 0.15) is 15.6 Å². The van der Waals surface area contributed by atoms with Gasteiger partial charge in [-0.25, -0.2) is 4.98 Å². The van der Waals surface area contributed by atoms with E-state index >= 15 is 0 Å². The van der Waals surface area contributed by atoms with Gasteiger partial charge in [0.05, 0.1) is 17.2 Å². The summed E-state index contributed by atoms with van der Waals surface area (Å²) in [5.74, 6) is 0. The average molecular weight is 344 g/mol. The van der Waals surface area contributed by atoms with Crippen LogP contribution in [0.2, 0.25) is 0 Å². The number of hydrogen-bond donors (Lipinski definition) is 1. The molecule has 0 unspecified atom stereocenters. The minimum atomic E-state index is 0.859. The maximum atomic E-state index is 4.42. The molecule has 0 amide bonds. The lowest BCUT2D eigenvalue weighted by molar-refractivity contribution is 1.11. The first-order valence-corrected chi connectivity index (χ1v) is 6.97. The molecule has 0 bridgehead atoms. The first-order chi connectivity index (χ1) is 7.65. The fraction of sp³-hybridized carbons (Fsp3) is 0.250. The minimum absolute atomic E-state index is 0.859. The molecule has 2 rings (SSSR count). The number of hydrogen-bond acceptors (Lipinski definition) is 3. The zero-order chi connectivity index (χ0) is 11.5. The van der Waals surface area contributed by atoms with Crippen LogP contribution < -0.4 is 5.32 Å². The van der Waals surface area contributed by atoms with Gasteiger partial charge < -0.3 is 5.32 Å². The maximum Gasteiger partial charge on any atom is 0.0900 e. The van der Waals surface area contributed by atoms with Crippen LogP contribution in [-0.2, 0) is 6.54 Å². The van der Waals surface area contributed by atoms with Crippen molar-refractivity contribution < 1.29 is 0 Å². The topological polar surface area (TPSA) is 24.9 Å². The Morgan fingerprint density at radius 3 is 2.81 bits per heavy atom. The van der Waals surface area contributed by atoms with Crippen molar-refractivity contribution in [1.29, 1.82) is 0 Å². The SMILES string of the molecule is Cc1nc(C)c(CNc2cccc(I)c2)s1. The van der Waals surface area contributed by atoms with Gasteiger partial charge in [0, 0.05) is 14.1 Å². The molecule has 0 aliphatic heterocycles. The molecule has 0 radical (unpaired) electrons. The molecule has 1 aromatic heterocycles. The highest BCUT2D eigenvalue weighted by atomic mass is 127. The number of nitrogens with one attached hydrogen (secondary N) is 1. The molecule has 16 heavy (non-hydrogen) atoms. The molecule has 2 nitrogen and oxygen atoms in total. The molecule has 84 valence electrons. The van der Waals surface area contributed by atoms with Crippen LogP contribution in [0.25, 0.3) is 0 Å². The number of nitrogens with zero attached hydrogens (tertiary/aromatic N) is 1. The second-order valence-electron chi connectivity index (χ2n) is 3.61. The summed E-state index contributed by atoms with van der Waals surface area (Å²) in [5.41, 5.74) is 2.30. The molecule has 0 aliphatic rings. The van der Waals surface area contributed by atoms with E-state index in [1.807, 2.05) is 6.92 Å². The van der Waals surface area contributed by atoms with E-state index in [9.17, 15) is 0 Å². The Bertz CT molecular complexity index is 494. The number of anilines is 1. The summed E-state index contributed by atoms with van der Waals surface area (Å²) in [4.78, 5) is 5.73. The molecule has 0 saturated heterocycles. The summed E-state index contributed by atoms with van der Waals surface area (Å²) in [6.07, 6.45) is 0. The van der Waals surface area contributed by atoms with Crippen molar-refractivity contribution in [3.8, 4) is 0 Å². The van der Waals surface area contributed by atoms with Gasteiger partial charge in [0.25, 0.3) is 0 Å². The van der Waals surface area contributed by atoms with Gasteiger partial charge in [-0.15, -0.1) is 11.3 Å². The van der Waals surface area contributed by atoms with Gasteiger partial charge >= 0.3 is 0 Å². The normalized spacial score (nSPS) is 10.4. The molecule has 0 aliphatic carbocycles. The molecule has 0 atom stereocenters. The zero-order valence-electron chi connectivity index (χ0n) is 9.25. The van der Waals surface area contributed by atoms with Crippen LogP contribution in [0.3, 0.4) is 0 Å². The average Bonchev–Trinajstić information content (AvgIpc) is 2.54. The second-order valence-corrected chi connectivity index (χ2v) is 6.14. The van der Waals surface area contributed by atoms with Gasteiger partial charge in [-0.05, 0) is 54.6 Å². The van der Waals surface area contributed by atoms with Crippen molar-refractivity contribution in [3.63, 3.8) is 0 Å². The number of halogens is 1. The van der Waals surface area contributed by atoms with Crippen molar-refractivity contribution in [2.45, 2.75) is 20.4 Å². The Kier molecular flexibility index (Phi) is 3.81. The van der Waals surface area contributed by atoms with Crippen LogP contribution in [0.4, 0.5) is 5.69 Å². The summed E-state index contributed by atoms with van der Waals surface area (Å²) >= 11 is 4.08. The molecular weight excluding hydrogens is 331 g/mol. The zero-order valence-corrected chi connectivity index (χ0v) is 12.2. The Balaban J connectivity index is 2.05. The van der Waals surface area contributed by atoms with E-state index in [2.05, 4.69) is 64.1 Å². The third kappa shape index (κ3) is 2.95. The van der Waals surface area contributed by atoms with Crippen LogP contribution in [-0.4, -0.2) is 4.98 Å². The highest BCUT2D eigenvalue weighted by Gasteiger charge is 2.04. The van der Waals surface area contributed by atoms with Gasteiger partial charge in [-0.2, -0.15) is 0 Å². The Labute approximate surface area is 113 Å². The number of benzene rings is 1. The van der Waals surface area contributed by atoms with E-state index < -0.39 is 0 Å². The first-order valence-electron chi connectivity index (χ1n) is 5.07. The Hall–Kier alpha value is -0.620. The number of aromatic nitrogens is 1. The van der Waals surface area contributed by atoms with E-state index in [4.69, 9.17) is 0 Å². The molecule has 4 heteroatoms. The standard InChI is InChI=1S/C12H13IN2S/c1-8-12(16-9(2)15-8)7-14-11-5-3-4-10(13)6-11/h3-6,14H,7H2,1-2H3. The third-order valence-corrected chi connectivity index (χ3v) is 4.02. The van der Waals surface area contributed by atoms with Gasteiger partial charge in [-0.3, -0.25) is 0 Å². The minimum Gasteiger partial charge on any atom is -0.380 e. The van der Waals surface area contributed by atoms with Crippen molar-refractivity contribution in [2.75, 3.05) is 5.32 Å². The van der Waals surface area contributed by atoms with Crippen molar-refractivity contribution >= 4 is 39.6 Å². The molecule has 2 aromatic rings. The first kappa shape index (κ1) is 11.9. The summed E-state index contributed by atoms with van der Waals surface area (Å²) < 4.78 is 1.25. The lowest BCUT2D eigenvalue weighted by atomic mass is 10.3. The molecule has 1 N–H and O–H groups in total. The predicted molar refractivity (Wildman–Crippen MR) is 78.1 cm³/mol. The quantitative estimate of drug-likeness (QED) is 0.852. The second kappa shape index (κ2) is 5.14. The summed E-state index contributed by atoms with van der Waals surface area (Å²) in [5, 5.41) is 4.56. The third-order valence-electron chi connectivity index (χ3n) is 2.28. The van der Waals surface area contributed by atoms with Crippen molar-refractivity contribution in [1.82, 2.24) is 4.98 Å². The van der Waals surface area contributed by atoms with E-state index in [-0.39, 0.29) is 0 Å². The smallest absolute Gasteiger partial charge is 0.0900 e. The largest absolute Gasteiger partial charge is 0.380 e. The summed E-state index contributed by atoms with van der Waals surface area (Å²) in [6, 6.07) is 8.39. The van der Waals surface area contributed by atoms with Crippen molar-refractivity contribution in [2.24, 2.45) is 0 Å². The highest BCUT2D eigenvalue weighted by Crippen LogP contribution is 2.19. The summed E-state index contributed by atoms with van der Waals surface area (Å²) in [7, 11) is 0. The molecule has 0 fully saturated rings. The molecular formula is C12H13IN2S. The lowest BCUT2D eigenvalue weighted by Gasteiger charge is -2.05. The van der Waals surface area contributed by atoms with Crippen LogP contribution >= 0.6 is 33.9 Å². The number of rotatable bonds is 3. The molecule has 1 heterocycles. The van der Waals surface area contributed by atoms with E-state index in [1.54, 1.807) is 11.3 Å². The van der Waals surface area contributed by atoms with Crippen LogP contribution in [0, 0.1) is 17.4 Å². The van der Waals surface area contributed by atoms with Gasteiger partial charge in [0.1, 0.15) is 0 Å². The lowest BCUT2D eigenvalue weighted by Crippen LogP contribution is -1.98. The predicted octanol–water partition coefficient (Wildman–Crippen LogP) is 3.98. The molecule has 1 aromatic carbocycles. The van der Waals surface area contributed by atoms with Gasteiger partial charge in [0.2, 0.25) is 0 Å². The Morgan fingerprint density at radius 1 is 1.38 bits per heavy atom. The summed E-state index contributed by atoms with van der Waals surface area (Å²) in [6.45, 7) is 4.97. The molecule has 0 saturated carbocycles. The van der Waals surface area contributed by atoms with Crippen LogP contribution in [0.5, 0.6) is 0 Å². The number of thiazole rings is 1. The molecule has 0 spiro atoms. The maximum absolute atomic E-state index is 4.42. The van der Waals surface area contributed by atoms with E-state index in [0.717, 1.165) is 22.9 Å². The fourth-order valence-electron chi connectivity index (χ4n) is 1.52. The monoisotopic (exact) mass is 344 g/mol. The number of aryl methyl sites for hydroxylation is 2. The van der Waals surface area contributed by atoms with Gasteiger partial charge in [0.15, 0.2) is 0 Å². The Morgan fingerprint density at radius 2 is 2.19 bits per heavy atom. The van der Waals surface area contributed by atoms with E-state index in [0.29, 0.717) is 0 Å². The fourth-order valence-corrected chi connectivity index (χ4v) is 2.94. The van der Waals surface area contributed by atoms with Crippen LogP contribution in [0.15, 0.2) is 24.3 Å².